The zero-order valence-electron chi connectivity index (χ0n) is 25.2. The van der Waals surface area contributed by atoms with E-state index >= 15 is 0 Å². The van der Waals surface area contributed by atoms with Gasteiger partial charge in [-0.1, -0.05) is 6.07 Å². The van der Waals surface area contributed by atoms with Gasteiger partial charge in [0.15, 0.2) is 11.6 Å². The van der Waals surface area contributed by atoms with Gasteiger partial charge in [0.25, 0.3) is 5.91 Å². The van der Waals surface area contributed by atoms with Gasteiger partial charge in [0.1, 0.15) is 0 Å². The molecule has 5 rings (SSSR count). The molecule has 0 saturated carbocycles. The third-order valence-electron chi connectivity index (χ3n) is 8.26. The normalized spacial score (nSPS) is 21.8. The Labute approximate surface area is 255 Å². The van der Waals surface area contributed by atoms with Crippen molar-refractivity contribution in [3.8, 4) is 16.9 Å². The van der Waals surface area contributed by atoms with E-state index in [1.54, 1.807) is 29.2 Å². The van der Waals surface area contributed by atoms with Gasteiger partial charge in [0.2, 0.25) is 0 Å². The highest BCUT2D eigenvalue weighted by Crippen LogP contribution is 2.34. The third kappa shape index (κ3) is 7.75. The number of methoxy groups -OCH3 is 1. The van der Waals surface area contributed by atoms with Gasteiger partial charge in [0.05, 0.1) is 24.9 Å². The van der Waals surface area contributed by atoms with E-state index in [1.807, 2.05) is 0 Å². The molecule has 7 nitrogen and oxygen atoms in total. The zero-order chi connectivity index (χ0) is 31.4. The lowest BCUT2D eigenvalue weighted by Gasteiger charge is -2.43. The average molecular weight is 615 g/mol. The molecule has 2 aliphatic rings. The molecule has 2 aliphatic heterocycles. The summed E-state index contributed by atoms with van der Waals surface area (Å²) in [7, 11) is 1.39. The Morgan fingerprint density at radius 1 is 0.932 bits per heavy atom. The van der Waals surface area contributed by atoms with E-state index < -0.39 is 23.5 Å². The summed E-state index contributed by atoms with van der Waals surface area (Å²) in [5, 5.41) is 0. The molecular formula is C33H38F4N4O3. The Balaban J connectivity index is 1.41. The molecule has 1 aromatic heterocycles. The SMILES string of the molecule is COc1cc(C[C@@H]2CN(CCN3C[C@@H](C)O[C@@H](C)C3)CCN2C(=O)c2cc(-c3ccncc3)cc(C(F)(F)F)c2)ccc1F. The maximum atomic E-state index is 14.2. The summed E-state index contributed by atoms with van der Waals surface area (Å²) in [6, 6.07) is 11.0. The molecule has 44 heavy (non-hydrogen) atoms. The first-order valence-corrected chi connectivity index (χ1v) is 14.9. The molecule has 11 heteroatoms. The highest BCUT2D eigenvalue weighted by atomic mass is 19.4. The molecule has 3 heterocycles. The van der Waals surface area contributed by atoms with Crippen molar-refractivity contribution in [3.05, 3.63) is 83.4 Å². The minimum atomic E-state index is -4.63. The maximum Gasteiger partial charge on any atom is 0.416 e. The minimum absolute atomic E-state index is 0.0296. The topological polar surface area (TPSA) is 58.1 Å². The van der Waals surface area contributed by atoms with Gasteiger partial charge >= 0.3 is 6.18 Å². The average Bonchev–Trinajstić information content (AvgIpc) is 3.00. The van der Waals surface area contributed by atoms with Crippen LogP contribution in [0.1, 0.15) is 35.3 Å². The number of pyridine rings is 1. The second-order valence-corrected chi connectivity index (χ2v) is 11.7. The number of halogens is 4. The molecule has 0 radical (unpaired) electrons. The molecule has 236 valence electrons. The second-order valence-electron chi connectivity index (χ2n) is 11.7. The fourth-order valence-corrected chi connectivity index (χ4v) is 6.21. The Morgan fingerprint density at radius 3 is 2.32 bits per heavy atom. The number of nitrogens with zero attached hydrogens (tertiary/aromatic N) is 4. The summed E-state index contributed by atoms with van der Waals surface area (Å²) in [6.45, 7) is 8.89. The highest BCUT2D eigenvalue weighted by Gasteiger charge is 2.35. The van der Waals surface area contributed by atoms with E-state index in [9.17, 15) is 22.4 Å². The summed E-state index contributed by atoms with van der Waals surface area (Å²) >= 11 is 0. The number of aromatic nitrogens is 1. The molecule has 3 aromatic rings. The molecule has 0 spiro atoms. The smallest absolute Gasteiger partial charge is 0.416 e. The first kappa shape index (κ1) is 31.9. The van der Waals surface area contributed by atoms with Gasteiger partial charge in [-0.15, -0.1) is 0 Å². The number of carbonyl (C=O) groups excluding carboxylic acids is 1. The van der Waals surface area contributed by atoms with Crippen LogP contribution < -0.4 is 4.74 Å². The van der Waals surface area contributed by atoms with E-state index in [2.05, 4.69) is 28.6 Å². The molecule has 1 amide bonds. The molecule has 0 N–H and O–H groups in total. The van der Waals surface area contributed by atoms with Gasteiger partial charge < -0.3 is 14.4 Å². The van der Waals surface area contributed by atoms with Crippen LogP contribution in [0.3, 0.4) is 0 Å². The lowest BCUT2D eigenvalue weighted by atomic mass is 9.97. The second kappa shape index (κ2) is 13.6. The van der Waals surface area contributed by atoms with Crippen LogP contribution in [-0.4, -0.2) is 96.8 Å². The fourth-order valence-electron chi connectivity index (χ4n) is 6.21. The number of alkyl halides is 3. The van der Waals surface area contributed by atoms with E-state index in [0.29, 0.717) is 31.6 Å². The van der Waals surface area contributed by atoms with Crippen LogP contribution >= 0.6 is 0 Å². The fraction of sp³-hybridized carbons (Fsp3) is 0.455. The quantitative estimate of drug-likeness (QED) is 0.317. The van der Waals surface area contributed by atoms with E-state index in [4.69, 9.17) is 9.47 Å². The predicted molar refractivity (Wildman–Crippen MR) is 159 cm³/mol. The van der Waals surface area contributed by atoms with Crippen LogP contribution in [0.15, 0.2) is 60.9 Å². The summed E-state index contributed by atoms with van der Waals surface area (Å²) in [6.07, 6.45) is -0.933. The van der Waals surface area contributed by atoms with Crippen molar-refractivity contribution in [2.24, 2.45) is 0 Å². The summed E-state index contributed by atoms with van der Waals surface area (Å²) < 4.78 is 67.1. The Bertz CT molecular complexity index is 1430. The van der Waals surface area contributed by atoms with Crippen molar-refractivity contribution in [1.82, 2.24) is 19.7 Å². The molecule has 2 aromatic carbocycles. The van der Waals surface area contributed by atoms with Crippen molar-refractivity contribution in [2.45, 2.75) is 44.7 Å². The van der Waals surface area contributed by atoms with Crippen molar-refractivity contribution in [3.63, 3.8) is 0 Å². The maximum absolute atomic E-state index is 14.2. The largest absolute Gasteiger partial charge is 0.494 e. The Kier molecular flexibility index (Phi) is 9.87. The minimum Gasteiger partial charge on any atom is -0.494 e. The van der Waals surface area contributed by atoms with Crippen molar-refractivity contribution >= 4 is 5.91 Å². The van der Waals surface area contributed by atoms with Crippen LogP contribution in [0.4, 0.5) is 17.6 Å². The number of amides is 1. The van der Waals surface area contributed by atoms with Gasteiger partial charge in [-0.3, -0.25) is 19.6 Å². The summed E-state index contributed by atoms with van der Waals surface area (Å²) in [5.74, 6) is -0.861. The van der Waals surface area contributed by atoms with Crippen molar-refractivity contribution in [2.75, 3.05) is 52.9 Å². The third-order valence-corrected chi connectivity index (χ3v) is 8.26. The molecule has 2 saturated heterocycles. The number of carbonyl (C=O) groups is 1. The number of morpholine rings is 1. The van der Waals surface area contributed by atoms with Crippen molar-refractivity contribution in [1.29, 1.82) is 0 Å². The van der Waals surface area contributed by atoms with Crippen LogP contribution in [0.5, 0.6) is 5.75 Å². The zero-order valence-corrected chi connectivity index (χ0v) is 25.2. The van der Waals surface area contributed by atoms with Crippen molar-refractivity contribution < 1.29 is 31.8 Å². The van der Waals surface area contributed by atoms with Crippen LogP contribution in [-0.2, 0) is 17.3 Å². The molecule has 3 atom stereocenters. The monoisotopic (exact) mass is 614 g/mol. The number of benzene rings is 2. The number of ether oxygens (including phenoxy) is 2. The number of hydrogen-bond donors (Lipinski definition) is 0. The number of hydrogen-bond acceptors (Lipinski definition) is 6. The Hall–Kier alpha value is -3.54. The Morgan fingerprint density at radius 2 is 1.64 bits per heavy atom. The van der Waals surface area contributed by atoms with Crippen LogP contribution in [0.2, 0.25) is 0 Å². The predicted octanol–water partition coefficient (Wildman–Crippen LogP) is 5.39. The van der Waals surface area contributed by atoms with Gasteiger partial charge in [0, 0.05) is 69.8 Å². The van der Waals surface area contributed by atoms with Gasteiger partial charge in [-0.05, 0) is 79.4 Å². The standard InChI is InChI=1S/C33H38F4N4O3/c1-22-19-40(20-23(2)44-22)11-10-39-12-13-41(29(21-39)14-24-4-5-30(34)31(15-24)43-3)32(42)27-16-26(25-6-8-38-9-7-25)17-28(18-27)33(35,36)37/h4-9,15-18,22-23,29H,10-14,19-21H2,1-3H3/t22-,23+,29-/m1/s1. The first-order chi connectivity index (χ1) is 21.0. The number of piperazine rings is 1. The molecule has 0 bridgehead atoms. The van der Waals surface area contributed by atoms with E-state index in [-0.39, 0.29) is 35.1 Å². The van der Waals surface area contributed by atoms with Gasteiger partial charge in [-0.25, -0.2) is 4.39 Å². The highest BCUT2D eigenvalue weighted by molar-refractivity contribution is 5.96. The number of rotatable bonds is 8. The molecule has 0 unspecified atom stereocenters. The molecule has 0 aliphatic carbocycles. The van der Waals surface area contributed by atoms with E-state index in [1.165, 1.54) is 31.6 Å². The van der Waals surface area contributed by atoms with Crippen LogP contribution in [0, 0.1) is 5.82 Å². The summed E-state index contributed by atoms with van der Waals surface area (Å²) in [4.78, 5) is 24.3. The van der Waals surface area contributed by atoms with E-state index in [0.717, 1.165) is 43.9 Å². The lowest BCUT2D eigenvalue weighted by molar-refractivity contribution is -0.137. The lowest BCUT2D eigenvalue weighted by Crippen LogP contribution is -2.57. The first-order valence-electron chi connectivity index (χ1n) is 14.9. The van der Waals surface area contributed by atoms with Gasteiger partial charge in [-0.2, -0.15) is 13.2 Å². The van der Waals surface area contributed by atoms with Crippen LogP contribution in [0.25, 0.3) is 11.1 Å². The summed E-state index contributed by atoms with van der Waals surface area (Å²) in [5.41, 5.74) is 0.676. The molecular weight excluding hydrogens is 576 g/mol. The molecule has 2 fully saturated rings.